The highest BCUT2D eigenvalue weighted by atomic mass is 16.5. The Hall–Kier alpha value is -0.160. The Morgan fingerprint density at radius 1 is 1.05 bits per heavy atom. The molecule has 3 rings (SSSR count). The predicted octanol–water partition coefficient (Wildman–Crippen LogP) is 2.04. The number of ether oxygens (including phenoxy) is 1. The molecular weight excluding hydrogens is 250 g/mol. The van der Waals surface area contributed by atoms with Gasteiger partial charge in [0, 0.05) is 24.1 Å². The summed E-state index contributed by atoms with van der Waals surface area (Å²) in [6.45, 7) is 4.37. The minimum absolute atomic E-state index is 0.306. The van der Waals surface area contributed by atoms with Gasteiger partial charge in [0.25, 0.3) is 0 Å². The second-order valence-electron chi connectivity index (χ2n) is 6.98. The SMILES string of the molecule is NNC(C1CCCOC1)C1(N2CCCCC2)CCCC1. The Bertz CT molecular complexity index is 292. The highest BCUT2D eigenvalue weighted by molar-refractivity contribution is 5.06. The first kappa shape index (κ1) is 14.8. The van der Waals surface area contributed by atoms with E-state index in [9.17, 15) is 0 Å². The summed E-state index contributed by atoms with van der Waals surface area (Å²) in [7, 11) is 0. The first-order valence-corrected chi connectivity index (χ1v) is 8.66. The van der Waals surface area contributed by atoms with E-state index >= 15 is 0 Å². The lowest BCUT2D eigenvalue weighted by Gasteiger charge is -2.51. The number of hydrazine groups is 1. The molecule has 0 amide bonds. The zero-order valence-electron chi connectivity index (χ0n) is 12.8. The fourth-order valence-electron chi connectivity index (χ4n) is 4.91. The summed E-state index contributed by atoms with van der Waals surface area (Å²) in [4.78, 5) is 2.78. The van der Waals surface area contributed by atoms with Gasteiger partial charge >= 0.3 is 0 Å². The van der Waals surface area contributed by atoms with Crippen LogP contribution >= 0.6 is 0 Å². The Balaban J connectivity index is 1.79. The molecule has 4 nitrogen and oxygen atoms in total. The average Bonchev–Trinajstić information content (AvgIpc) is 3.01. The van der Waals surface area contributed by atoms with E-state index in [-0.39, 0.29) is 0 Å². The molecule has 20 heavy (non-hydrogen) atoms. The van der Waals surface area contributed by atoms with Crippen molar-refractivity contribution in [1.82, 2.24) is 10.3 Å². The van der Waals surface area contributed by atoms with Crippen LogP contribution in [0.1, 0.15) is 57.8 Å². The Morgan fingerprint density at radius 2 is 1.80 bits per heavy atom. The van der Waals surface area contributed by atoms with Crippen LogP contribution in [-0.4, -0.2) is 42.8 Å². The third kappa shape index (κ3) is 2.76. The van der Waals surface area contributed by atoms with Crippen molar-refractivity contribution in [2.45, 2.75) is 69.4 Å². The largest absolute Gasteiger partial charge is 0.381 e. The molecule has 0 spiro atoms. The van der Waals surface area contributed by atoms with Gasteiger partial charge in [-0.25, -0.2) is 0 Å². The first-order valence-electron chi connectivity index (χ1n) is 8.66. The van der Waals surface area contributed by atoms with Crippen LogP contribution in [-0.2, 0) is 4.74 Å². The summed E-state index contributed by atoms with van der Waals surface area (Å²) >= 11 is 0. The van der Waals surface area contributed by atoms with Gasteiger partial charge in [-0.2, -0.15) is 0 Å². The van der Waals surface area contributed by atoms with Crippen molar-refractivity contribution in [3.05, 3.63) is 0 Å². The van der Waals surface area contributed by atoms with Gasteiger partial charge in [0.05, 0.1) is 6.61 Å². The van der Waals surface area contributed by atoms with Crippen LogP contribution in [0, 0.1) is 5.92 Å². The Morgan fingerprint density at radius 3 is 2.40 bits per heavy atom. The number of nitrogens with two attached hydrogens (primary N) is 1. The zero-order valence-corrected chi connectivity index (χ0v) is 12.8. The standard InChI is InChI=1S/C16H31N3O/c17-18-15(14-7-6-12-20-13-14)16(8-2-3-9-16)19-10-4-1-5-11-19/h14-15,18H,1-13,17H2. The van der Waals surface area contributed by atoms with Crippen LogP contribution in [0.4, 0.5) is 0 Å². The second kappa shape index (κ2) is 6.73. The number of rotatable bonds is 4. The molecule has 2 unspecified atom stereocenters. The average molecular weight is 281 g/mol. The van der Waals surface area contributed by atoms with Crippen molar-refractivity contribution in [3.63, 3.8) is 0 Å². The summed E-state index contributed by atoms with van der Waals surface area (Å²) in [5.74, 6) is 6.63. The lowest BCUT2D eigenvalue weighted by atomic mass is 9.76. The lowest BCUT2D eigenvalue weighted by Crippen LogP contribution is -2.65. The van der Waals surface area contributed by atoms with E-state index < -0.39 is 0 Å². The Kier molecular flexibility index (Phi) is 4.97. The highest BCUT2D eigenvalue weighted by Crippen LogP contribution is 2.42. The maximum atomic E-state index is 6.04. The smallest absolute Gasteiger partial charge is 0.0510 e. The lowest BCUT2D eigenvalue weighted by molar-refractivity contribution is -0.0266. The van der Waals surface area contributed by atoms with Crippen molar-refractivity contribution in [2.24, 2.45) is 11.8 Å². The van der Waals surface area contributed by atoms with E-state index in [0.717, 1.165) is 13.2 Å². The van der Waals surface area contributed by atoms with Crippen molar-refractivity contribution in [3.8, 4) is 0 Å². The third-order valence-electron chi connectivity index (χ3n) is 5.88. The van der Waals surface area contributed by atoms with Crippen LogP contribution in [0.2, 0.25) is 0 Å². The molecule has 0 bridgehead atoms. The molecule has 2 atom stereocenters. The summed E-state index contributed by atoms with van der Waals surface area (Å²) in [5, 5.41) is 0. The minimum Gasteiger partial charge on any atom is -0.381 e. The molecule has 4 heteroatoms. The quantitative estimate of drug-likeness (QED) is 0.611. The van der Waals surface area contributed by atoms with Crippen molar-refractivity contribution >= 4 is 0 Å². The Labute approximate surface area is 123 Å². The molecule has 1 aliphatic carbocycles. The van der Waals surface area contributed by atoms with Gasteiger partial charge < -0.3 is 4.74 Å². The fourth-order valence-corrected chi connectivity index (χ4v) is 4.91. The highest BCUT2D eigenvalue weighted by Gasteiger charge is 2.48. The molecule has 2 heterocycles. The minimum atomic E-state index is 0.306. The van der Waals surface area contributed by atoms with Crippen LogP contribution in [0.15, 0.2) is 0 Å². The van der Waals surface area contributed by atoms with Crippen LogP contribution in [0.25, 0.3) is 0 Å². The zero-order chi connectivity index (χ0) is 13.8. The molecule has 0 aromatic heterocycles. The molecule has 0 radical (unpaired) electrons. The molecule has 2 saturated heterocycles. The van der Waals surface area contributed by atoms with E-state index in [4.69, 9.17) is 10.6 Å². The maximum absolute atomic E-state index is 6.04. The molecule has 0 aromatic carbocycles. The normalized spacial score (nSPS) is 33.1. The molecule has 1 saturated carbocycles. The summed E-state index contributed by atoms with van der Waals surface area (Å²) in [6.07, 6.45) is 11.9. The van der Waals surface area contributed by atoms with Gasteiger partial charge in [0.1, 0.15) is 0 Å². The fraction of sp³-hybridized carbons (Fsp3) is 1.00. The van der Waals surface area contributed by atoms with Crippen molar-refractivity contribution < 1.29 is 4.74 Å². The van der Waals surface area contributed by atoms with Gasteiger partial charge in [0.2, 0.25) is 0 Å². The van der Waals surface area contributed by atoms with Crippen LogP contribution in [0.3, 0.4) is 0 Å². The number of hydrogen-bond acceptors (Lipinski definition) is 4. The molecule has 0 aromatic rings. The van der Waals surface area contributed by atoms with Gasteiger partial charge in [-0.15, -0.1) is 0 Å². The number of likely N-dealkylation sites (tertiary alicyclic amines) is 1. The molecular formula is C16H31N3O. The van der Waals surface area contributed by atoms with E-state index in [1.54, 1.807) is 0 Å². The topological polar surface area (TPSA) is 50.5 Å². The van der Waals surface area contributed by atoms with Gasteiger partial charge in [-0.05, 0) is 51.6 Å². The second-order valence-corrected chi connectivity index (χ2v) is 6.98. The predicted molar refractivity (Wildman–Crippen MR) is 81.3 cm³/mol. The number of nitrogens with zero attached hydrogens (tertiary/aromatic N) is 1. The first-order chi connectivity index (χ1) is 9.87. The van der Waals surface area contributed by atoms with Gasteiger partial charge in [-0.1, -0.05) is 19.3 Å². The molecule has 3 aliphatic rings. The molecule has 116 valence electrons. The molecule has 3 N–H and O–H groups in total. The van der Waals surface area contributed by atoms with E-state index in [0.29, 0.717) is 17.5 Å². The van der Waals surface area contributed by atoms with Gasteiger partial charge in [-0.3, -0.25) is 16.2 Å². The number of piperidine rings is 1. The van der Waals surface area contributed by atoms with E-state index in [2.05, 4.69) is 10.3 Å². The maximum Gasteiger partial charge on any atom is 0.0510 e. The molecule has 3 fully saturated rings. The summed E-state index contributed by atoms with van der Waals surface area (Å²) < 4.78 is 5.74. The van der Waals surface area contributed by atoms with Crippen molar-refractivity contribution in [1.29, 1.82) is 0 Å². The van der Waals surface area contributed by atoms with E-state index in [1.807, 2.05) is 0 Å². The number of nitrogens with one attached hydrogen (secondary N) is 1. The summed E-state index contributed by atoms with van der Waals surface area (Å²) in [6, 6.07) is 0.406. The van der Waals surface area contributed by atoms with Crippen molar-refractivity contribution in [2.75, 3.05) is 26.3 Å². The van der Waals surface area contributed by atoms with E-state index in [1.165, 1.54) is 70.9 Å². The van der Waals surface area contributed by atoms with Crippen LogP contribution in [0.5, 0.6) is 0 Å². The van der Waals surface area contributed by atoms with Gasteiger partial charge in [0.15, 0.2) is 0 Å². The summed E-state index contributed by atoms with van der Waals surface area (Å²) in [5.41, 5.74) is 3.54. The monoisotopic (exact) mass is 281 g/mol. The van der Waals surface area contributed by atoms with Crippen LogP contribution < -0.4 is 11.3 Å². The third-order valence-corrected chi connectivity index (χ3v) is 5.88. The number of hydrogen-bond donors (Lipinski definition) is 2. The molecule has 2 aliphatic heterocycles.